The number of aryl methyl sites for hydroxylation is 2. The summed E-state index contributed by atoms with van der Waals surface area (Å²) in [6.45, 7) is 12.6. The third-order valence-corrected chi connectivity index (χ3v) is 5.51. The molecule has 0 saturated heterocycles. The zero-order valence-electron chi connectivity index (χ0n) is 16.6. The predicted octanol–water partition coefficient (Wildman–Crippen LogP) is 6.62. The van der Waals surface area contributed by atoms with Crippen LogP contribution in [0.2, 0.25) is 5.02 Å². The Bertz CT molecular complexity index is 709. The van der Waals surface area contributed by atoms with E-state index in [2.05, 4.69) is 56.4 Å². The van der Waals surface area contributed by atoms with E-state index in [9.17, 15) is 0 Å². The summed E-state index contributed by atoms with van der Waals surface area (Å²) < 4.78 is 0. The second-order valence-corrected chi connectivity index (χ2v) is 7.96. The molecule has 0 N–H and O–H groups in total. The molecular formula is C23H31ClN2. The molecule has 2 rings (SSSR count). The first-order valence-corrected chi connectivity index (χ1v) is 9.99. The summed E-state index contributed by atoms with van der Waals surface area (Å²) >= 11 is 6.65. The Morgan fingerprint density at radius 3 is 2.35 bits per heavy atom. The average Bonchev–Trinajstić information content (AvgIpc) is 2.62. The lowest BCUT2D eigenvalue weighted by atomic mass is 9.78. The van der Waals surface area contributed by atoms with E-state index in [0.29, 0.717) is 0 Å². The summed E-state index contributed by atoms with van der Waals surface area (Å²) in [5.74, 6) is 0.866. The van der Waals surface area contributed by atoms with E-state index in [1.807, 2.05) is 18.5 Å². The van der Waals surface area contributed by atoms with E-state index < -0.39 is 0 Å². The first-order chi connectivity index (χ1) is 12.4. The molecule has 3 heteroatoms. The Morgan fingerprint density at radius 1 is 1.08 bits per heavy atom. The molecule has 0 amide bonds. The van der Waals surface area contributed by atoms with Crippen LogP contribution in [0.1, 0.15) is 74.5 Å². The summed E-state index contributed by atoms with van der Waals surface area (Å²) in [6.07, 6.45) is 12.3. The van der Waals surface area contributed by atoms with Crippen molar-refractivity contribution in [1.82, 2.24) is 9.97 Å². The Kier molecular flexibility index (Phi) is 7.40. The number of nitrogens with zero attached hydrogens (tertiary/aromatic N) is 2. The molecular weight excluding hydrogens is 340 g/mol. The number of hydrogen-bond acceptors (Lipinski definition) is 2. The van der Waals surface area contributed by atoms with Gasteiger partial charge < -0.3 is 0 Å². The van der Waals surface area contributed by atoms with Crippen molar-refractivity contribution in [2.75, 3.05) is 0 Å². The van der Waals surface area contributed by atoms with Gasteiger partial charge in [-0.2, -0.15) is 0 Å². The van der Waals surface area contributed by atoms with Crippen LogP contribution in [-0.2, 0) is 18.3 Å². The molecule has 0 radical (unpaired) electrons. The second kappa shape index (κ2) is 9.32. The van der Waals surface area contributed by atoms with Crippen LogP contribution < -0.4 is 0 Å². The average molecular weight is 371 g/mol. The molecule has 0 unspecified atom stereocenters. The fourth-order valence-electron chi connectivity index (χ4n) is 3.21. The summed E-state index contributed by atoms with van der Waals surface area (Å²) in [5, 5.41) is 0.882. The zero-order chi connectivity index (χ0) is 19.2. The predicted molar refractivity (Wildman–Crippen MR) is 112 cm³/mol. The van der Waals surface area contributed by atoms with E-state index in [1.165, 1.54) is 36.0 Å². The molecule has 2 aromatic rings. The van der Waals surface area contributed by atoms with Gasteiger partial charge in [0, 0.05) is 29.3 Å². The Labute approximate surface area is 163 Å². The highest BCUT2D eigenvalue weighted by Gasteiger charge is 2.25. The van der Waals surface area contributed by atoms with Crippen molar-refractivity contribution >= 4 is 11.6 Å². The van der Waals surface area contributed by atoms with Crippen LogP contribution in [0.15, 0.2) is 37.2 Å². The quantitative estimate of drug-likeness (QED) is 0.366. The molecule has 0 aliphatic heterocycles. The smallest absolute Gasteiger partial charge is 0.128 e. The van der Waals surface area contributed by atoms with Gasteiger partial charge in [-0.25, -0.2) is 9.97 Å². The maximum absolute atomic E-state index is 6.65. The Hall–Kier alpha value is -1.67. The first kappa shape index (κ1) is 20.6. The number of hydrogen-bond donors (Lipinski definition) is 0. The van der Waals surface area contributed by atoms with E-state index in [0.717, 1.165) is 35.7 Å². The molecule has 0 spiro atoms. The van der Waals surface area contributed by atoms with Crippen LogP contribution in [0.25, 0.3) is 0 Å². The minimum Gasteiger partial charge on any atom is -0.241 e. The molecule has 0 aliphatic carbocycles. The zero-order valence-corrected chi connectivity index (χ0v) is 17.4. The number of aromatic nitrogens is 2. The molecule has 1 aromatic carbocycles. The fourth-order valence-corrected chi connectivity index (χ4v) is 3.57. The number of benzene rings is 1. The first-order valence-electron chi connectivity index (χ1n) is 9.62. The summed E-state index contributed by atoms with van der Waals surface area (Å²) in [5.41, 5.74) is 4.69. The lowest BCUT2D eigenvalue weighted by molar-refractivity contribution is 0.628. The van der Waals surface area contributed by atoms with Gasteiger partial charge in [0.25, 0.3) is 0 Å². The van der Waals surface area contributed by atoms with Crippen LogP contribution in [0.4, 0.5) is 0 Å². The summed E-state index contributed by atoms with van der Waals surface area (Å²) in [6, 6.07) is 4.40. The molecule has 140 valence electrons. The molecule has 2 nitrogen and oxygen atoms in total. The van der Waals surface area contributed by atoms with Gasteiger partial charge in [0.15, 0.2) is 0 Å². The Morgan fingerprint density at radius 2 is 1.77 bits per heavy atom. The number of rotatable bonds is 9. The normalized spacial score (nSPS) is 11.6. The standard InChI is InChI=1S/C23H31ClN2/c1-6-8-10-11-20-17(3)13-18(14-21(20)24)23(4,5)19-15-25-22(26-16-19)12-9-7-2/h7,13-16H,2,6,8-12H2,1,3-5H3. The maximum Gasteiger partial charge on any atom is 0.128 e. The molecule has 1 aromatic heterocycles. The third kappa shape index (κ3) is 4.94. The van der Waals surface area contributed by atoms with E-state index >= 15 is 0 Å². The fraction of sp³-hybridized carbons (Fsp3) is 0.478. The van der Waals surface area contributed by atoms with Crippen LogP contribution in [-0.4, -0.2) is 9.97 Å². The summed E-state index contributed by atoms with van der Waals surface area (Å²) in [7, 11) is 0. The third-order valence-electron chi connectivity index (χ3n) is 5.17. The second-order valence-electron chi connectivity index (χ2n) is 7.55. The molecule has 0 saturated carbocycles. The van der Waals surface area contributed by atoms with Gasteiger partial charge in [0.2, 0.25) is 0 Å². The Balaban J connectivity index is 2.26. The lowest BCUT2D eigenvalue weighted by Gasteiger charge is -2.27. The minimum atomic E-state index is -0.187. The maximum atomic E-state index is 6.65. The number of halogens is 1. The molecule has 0 atom stereocenters. The highest BCUT2D eigenvalue weighted by molar-refractivity contribution is 6.31. The van der Waals surface area contributed by atoms with Crippen LogP contribution in [0.5, 0.6) is 0 Å². The van der Waals surface area contributed by atoms with Gasteiger partial charge in [0.05, 0.1) is 0 Å². The van der Waals surface area contributed by atoms with Gasteiger partial charge in [-0.3, -0.25) is 0 Å². The SMILES string of the molecule is C=CCCc1ncc(C(C)(C)c2cc(C)c(CCCCC)c(Cl)c2)cn1. The molecule has 0 bridgehead atoms. The van der Waals surface area contributed by atoms with Gasteiger partial charge in [-0.15, -0.1) is 6.58 Å². The van der Waals surface area contributed by atoms with Crippen LogP contribution in [0.3, 0.4) is 0 Å². The molecule has 26 heavy (non-hydrogen) atoms. The van der Waals surface area contributed by atoms with Crippen molar-refractivity contribution in [3.05, 3.63) is 70.3 Å². The van der Waals surface area contributed by atoms with Crippen molar-refractivity contribution in [3.63, 3.8) is 0 Å². The number of unbranched alkanes of at least 4 members (excludes halogenated alkanes) is 2. The van der Waals surface area contributed by atoms with E-state index in [-0.39, 0.29) is 5.41 Å². The molecule has 1 heterocycles. The van der Waals surface area contributed by atoms with E-state index in [4.69, 9.17) is 11.6 Å². The largest absolute Gasteiger partial charge is 0.241 e. The van der Waals surface area contributed by atoms with Crippen molar-refractivity contribution in [2.24, 2.45) is 0 Å². The van der Waals surface area contributed by atoms with E-state index in [1.54, 1.807) is 0 Å². The van der Waals surface area contributed by atoms with Crippen molar-refractivity contribution in [2.45, 2.75) is 71.6 Å². The topological polar surface area (TPSA) is 25.8 Å². The van der Waals surface area contributed by atoms with Crippen molar-refractivity contribution < 1.29 is 0 Å². The van der Waals surface area contributed by atoms with Crippen molar-refractivity contribution in [3.8, 4) is 0 Å². The minimum absolute atomic E-state index is 0.187. The van der Waals surface area contributed by atoms with Gasteiger partial charge in [-0.1, -0.05) is 57.4 Å². The van der Waals surface area contributed by atoms with Gasteiger partial charge in [-0.05, 0) is 54.5 Å². The monoisotopic (exact) mass is 370 g/mol. The van der Waals surface area contributed by atoms with Gasteiger partial charge in [0.1, 0.15) is 5.82 Å². The highest BCUT2D eigenvalue weighted by Crippen LogP contribution is 2.35. The molecule has 0 aliphatic rings. The van der Waals surface area contributed by atoms with Crippen molar-refractivity contribution in [1.29, 1.82) is 0 Å². The van der Waals surface area contributed by atoms with Crippen LogP contribution in [0, 0.1) is 6.92 Å². The van der Waals surface area contributed by atoms with Crippen LogP contribution >= 0.6 is 11.6 Å². The molecule has 0 fully saturated rings. The lowest BCUT2D eigenvalue weighted by Crippen LogP contribution is -2.20. The van der Waals surface area contributed by atoms with Gasteiger partial charge >= 0.3 is 0 Å². The summed E-state index contributed by atoms with van der Waals surface area (Å²) in [4.78, 5) is 9.06. The highest BCUT2D eigenvalue weighted by atomic mass is 35.5. The number of allylic oxidation sites excluding steroid dienone is 1.